The Morgan fingerprint density at radius 3 is 2.82 bits per heavy atom. The Hall–Kier alpha value is -0.160. The zero-order chi connectivity index (χ0) is 8.27. The second-order valence-corrected chi connectivity index (χ2v) is 3.11. The van der Waals surface area contributed by atoms with E-state index in [9.17, 15) is 9.50 Å². The summed E-state index contributed by atoms with van der Waals surface area (Å²) in [6.45, 7) is 0. The number of aliphatic hydroxyl groups is 1. The van der Waals surface area contributed by atoms with Crippen LogP contribution in [0.15, 0.2) is 24.3 Å². The van der Waals surface area contributed by atoms with Crippen molar-refractivity contribution in [2.45, 2.75) is 6.10 Å². The summed E-state index contributed by atoms with van der Waals surface area (Å²) in [5.74, 6) is -0.300. The first-order chi connectivity index (χ1) is 5.24. The van der Waals surface area contributed by atoms with Gasteiger partial charge in [-0.2, -0.15) is 0 Å². The molecule has 11 heavy (non-hydrogen) atoms. The van der Waals surface area contributed by atoms with Gasteiger partial charge in [0, 0.05) is 4.43 Å². The van der Waals surface area contributed by atoms with Crippen molar-refractivity contribution in [3.63, 3.8) is 0 Å². The summed E-state index contributed by atoms with van der Waals surface area (Å²) in [6.07, 6.45) is -0.550. The second kappa shape index (κ2) is 4.01. The Balaban J connectivity index is 2.86. The average Bonchev–Trinajstić information content (AvgIpc) is 2.03. The topological polar surface area (TPSA) is 20.2 Å². The quantitative estimate of drug-likeness (QED) is 0.643. The molecule has 0 aromatic heterocycles. The fraction of sp³-hybridized carbons (Fsp3) is 0.250. The first-order valence-electron chi connectivity index (χ1n) is 3.23. The minimum Gasteiger partial charge on any atom is -0.388 e. The van der Waals surface area contributed by atoms with E-state index < -0.39 is 6.10 Å². The number of alkyl halides is 1. The van der Waals surface area contributed by atoms with Gasteiger partial charge in [-0.05, 0) is 17.7 Å². The van der Waals surface area contributed by atoms with Crippen molar-refractivity contribution in [3.05, 3.63) is 35.6 Å². The monoisotopic (exact) mass is 266 g/mol. The van der Waals surface area contributed by atoms with Gasteiger partial charge in [0.25, 0.3) is 0 Å². The van der Waals surface area contributed by atoms with Gasteiger partial charge < -0.3 is 5.11 Å². The summed E-state index contributed by atoms with van der Waals surface area (Å²) >= 11 is 2.06. The van der Waals surface area contributed by atoms with Crippen molar-refractivity contribution in [3.8, 4) is 0 Å². The molecule has 60 valence electrons. The Bertz CT molecular complexity index is 239. The molecule has 0 amide bonds. The standard InChI is InChI=1S/C8H8FIO/c9-7-3-1-2-6(4-7)8(11)5-10/h1-4,8,11H,5H2. The van der Waals surface area contributed by atoms with Crippen LogP contribution in [-0.4, -0.2) is 9.53 Å². The third-order valence-corrected chi connectivity index (χ3v) is 2.21. The normalized spacial score (nSPS) is 13.0. The number of benzene rings is 1. The van der Waals surface area contributed by atoms with E-state index in [1.54, 1.807) is 12.1 Å². The lowest BCUT2D eigenvalue weighted by Gasteiger charge is -2.05. The molecule has 0 saturated carbocycles. The molecule has 1 N–H and O–H groups in total. The molecular formula is C8H8FIO. The van der Waals surface area contributed by atoms with Gasteiger partial charge in [0.2, 0.25) is 0 Å². The van der Waals surface area contributed by atoms with E-state index in [1.807, 2.05) is 0 Å². The van der Waals surface area contributed by atoms with Gasteiger partial charge in [-0.3, -0.25) is 0 Å². The summed E-state index contributed by atoms with van der Waals surface area (Å²) in [4.78, 5) is 0. The molecule has 0 spiro atoms. The van der Waals surface area contributed by atoms with Crippen LogP contribution in [0.2, 0.25) is 0 Å². The van der Waals surface area contributed by atoms with Crippen LogP contribution in [0.3, 0.4) is 0 Å². The SMILES string of the molecule is OC(CI)c1cccc(F)c1. The molecule has 1 unspecified atom stereocenters. The molecule has 1 aromatic rings. The molecule has 1 aromatic carbocycles. The maximum Gasteiger partial charge on any atom is 0.123 e. The molecule has 0 radical (unpaired) electrons. The average molecular weight is 266 g/mol. The molecule has 3 heteroatoms. The first kappa shape index (κ1) is 8.93. The zero-order valence-corrected chi connectivity index (χ0v) is 7.95. The molecule has 1 nitrogen and oxygen atoms in total. The predicted molar refractivity (Wildman–Crippen MR) is 50.2 cm³/mol. The van der Waals surface area contributed by atoms with Gasteiger partial charge in [0.15, 0.2) is 0 Å². The van der Waals surface area contributed by atoms with Crippen LogP contribution in [0, 0.1) is 5.82 Å². The van der Waals surface area contributed by atoms with Crippen LogP contribution < -0.4 is 0 Å². The summed E-state index contributed by atoms with van der Waals surface area (Å²) in [6, 6.07) is 6.03. The lowest BCUT2D eigenvalue weighted by Crippen LogP contribution is -1.97. The smallest absolute Gasteiger partial charge is 0.123 e. The number of hydrogen-bond acceptors (Lipinski definition) is 1. The largest absolute Gasteiger partial charge is 0.388 e. The summed E-state index contributed by atoms with van der Waals surface area (Å²) in [5.41, 5.74) is 0.638. The van der Waals surface area contributed by atoms with Gasteiger partial charge in [0.05, 0.1) is 6.10 Å². The van der Waals surface area contributed by atoms with Crippen molar-refractivity contribution < 1.29 is 9.50 Å². The van der Waals surface area contributed by atoms with Gasteiger partial charge in [-0.1, -0.05) is 34.7 Å². The number of hydrogen-bond donors (Lipinski definition) is 1. The highest BCUT2D eigenvalue weighted by Crippen LogP contribution is 2.15. The Morgan fingerprint density at radius 2 is 2.27 bits per heavy atom. The number of aliphatic hydroxyl groups excluding tert-OH is 1. The van der Waals surface area contributed by atoms with Crippen molar-refractivity contribution >= 4 is 22.6 Å². The fourth-order valence-electron chi connectivity index (χ4n) is 0.803. The third-order valence-electron chi connectivity index (χ3n) is 1.38. The van der Waals surface area contributed by atoms with Crippen LogP contribution >= 0.6 is 22.6 Å². The molecule has 0 fully saturated rings. The van der Waals surface area contributed by atoms with E-state index in [0.29, 0.717) is 9.99 Å². The van der Waals surface area contributed by atoms with Crippen molar-refractivity contribution in [1.29, 1.82) is 0 Å². The summed E-state index contributed by atoms with van der Waals surface area (Å²) in [7, 11) is 0. The zero-order valence-electron chi connectivity index (χ0n) is 5.80. The Morgan fingerprint density at radius 1 is 1.55 bits per heavy atom. The molecule has 0 aliphatic rings. The number of rotatable bonds is 2. The van der Waals surface area contributed by atoms with Crippen LogP contribution in [0.25, 0.3) is 0 Å². The Labute approximate surface area is 78.4 Å². The highest BCUT2D eigenvalue weighted by atomic mass is 127. The maximum absolute atomic E-state index is 12.6. The van der Waals surface area contributed by atoms with E-state index in [1.165, 1.54) is 12.1 Å². The van der Waals surface area contributed by atoms with Crippen molar-refractivity contribution in [1.82, 2.24) is 0 Å². The van der Waals surface area contributed by atoms with Crippen molar-refractivity contribution in [2.75, 3.05) is 4.43 Å². The summed E-state index contributed by atoms with van der Waals surface area (Å²) in [5, 5.41) is 9.28. The molecule has 0 saturated heterocycles. The van der Waals surface area contributed by atoms with Gasteiger partial charge in [-0.25, -0.2) is 4.39 Å². The first-order valence-corrected chi connectivity index (χ1v) is 4.76. The molecule has 0 aliphatic carbocycles. The highest BCUT2D eigenvalue weighted by Gasteiger charge is 2.04. The van der Waals surface area contributed by atoms with Crippen LogP contribution in [0.5, 0.6) is 0 Å². The minimum atomic E-state index is -0.550. The van der Waals surface area contributed by atoms with Crippen LogP contribution in [-0.2, 0) is 0 Å². The summed E-state index contributed by atoms with van der Waals surface area (Å²) < 4.78 is 13.1. The minimum absolute atomic E-state index is 0.300. The number of halogens is 2. The molecule has 0 heterocycles. The lowest BCUT2D eigenvalue weighted by molar-refractivity contribution is 0.206. The maximum atomic E-state index is 12.6. The Kier molecular flexibility index (Phi) is 3.26. The second-order valence-electron chi connectivity index (χ2n) is 2.23. The molecular weight excluding hydrogens is 258 g/mol. The van der Waals surface area contributed by atoms with Crippen molar-refractivity contribution in [2.24, 2.45) is 0 Å². The molecule has 0 aliphatic heterocycles. The van der Waals surface area contributed by atoms with Gasteiger partial charge >= 0.3 is 0 Å². The van der Waals surface area contributed by atoms with E-state index >= 15 is 0 Å². The third kappa shape index (κ3) is 2.41. The van der Waals surface area contributed by atoms with E-state index in [2.05, 4.69) is 22.6 Å². The predicted octanol–water partition coefficient (Wildman–Crippen LogP) is 2.29. The lowest BCUT2D eigenvalue weighted by atomic mass is 10.1. The van der Waals surface area contributed by atoms with E-state index in [-0.39, 0.29) is 5.82 Å². The van der Waals surface area contributed by atoms with Gasteiger partial charge in [-0.15, -0.1) is 0 Å². The molecule has 1 rings (SSSR count). The van der Waals surface area contributed by atoms with Crippen LogP contribution in [0.4, 0.5) is 4.39 Å². The molecule has 0 bridgehead atoms. The van der Waals surface area contributed by atoms with Crippen LogP contribution in [0.1, 0.15) is 11.7 Å². The molecule has 1 atom stereocenters. The fourth-order valence-corrected chi connectivity index (χ4v) is 1.31. The van der Waals surface area contributed by atoms with E-state index in [4.69, 9.17) is 0 Å². The van der Waals surface area contributed by atoms with Gasteiger partial charge in [0.1, 0.15) is 5.82 Å². The highest BCUT2D eigenvalue weighted by molar-refractivity contribution is 14.1. The van der Waals surface area contributed by atoms with E-state index in [0.717, 1.165) is 0 Å².